The molecule has 0 amide bonds. The molecule has 0 spiro atoms. The third-order valence-corrected chi connectivity index (χ3v) is 11.3. The summed E-state index contributed by atoms with van der Waals surface area (Å²) in [6.45, 7) is 4.11. The van der Waals surface area contributed by atoms with Crippen LogP contribution in [0.25, 0.3) is 49.4 Å². The predicted octanol–water partition coefficient (Wildman–Crippen LogP) is 11.8. The summed E-state index contributed by atoms with van der Waals surface area (Å²) in [5, 5.41) is 2.42. The molecular formula is C46H37N3OS. The lowest BCUT2D eigenvalue weighted by Gasteiger charge is -2.22. The van der Waals surface area contributed by atoms with E-state index in [0.717, 1.165) is 83.6 Å². The summed E-state index contributed by atoms with van der Waals surface area (Å²) in [5.74, 6) is 3.36. The summed E-state index contributed by atoms with van der Waals surface area (Å²) < 4.78 is 7.89. The first-order chi connectivity index (χ1) is 25.2. The lowest BCUT2D eigenvalue weighted by molar-refractivity contribution is 0.531. The summed E-state index contributed by atoms with van der Waals surface area (Å²) >= 11 is 1.81. The molecule has 3 aromatic heterocycles. The number of para-hydroxylation sites is 1. The number of aromatic nitrogens is 3. The molecule has 51 heavy (non-hydrogen) atoms. The molecule has 0 fully saturated rings. The maximum absolute atomic E-state index is 6.59. The Morgan fingerprint density at radius 1 is 0.765 bits per heavy atom. The highest BCUT2D eigenvalue weighted by Crippen LogP contribution is 2.43. The van der Waals surface area contributed by atoms with Gasteiger partial charge in [0.15, 0.2) is 11.6 Å². The highest BCUT2D eigenvalue weighted by Gasteiger charge is 2.29. The average Bonchev–Trinajstić information content (AvgIpc) is 3.76. The van der Waals surface area contributed by atoms with Crippen LogP contribution in [0.5, 0.6) is 0 Å². The van der Waals surface area contributed by atoms with E-state index < -0.39 is 0 Å². The Kier molecular flexibility index (Phi) is 8.34. The number of nitrogens with zero attached hydrogens (tertiary/aromatic N) is 3. The van der Waals surface area contributed by atoms with Crippen molar-refractivity contribution in [3.8, 4) is 11.1 Å². The summed E-state index contributed by atoms with van der Waals surface area (Å²) in [5.41, 5.74) is 9.09. The zero-order chi connectivity index (χ0) is 34.1. The van der Waals surface area contributed by atoms with E-state index in [-0.39, 0.29) is 5.92 Å². The van der Waals surface area contributed by atoms with Crippen molar-refractivity contribution in [2.45, 2.75) is 44.4 Å². The van der Waals surface area contributed by atoms with Gasteiger partial charge in [-0.3, -0.25) is 0 Å². The molecule has 3 heterocycles. The molecule has 0 saturated carbocycles. The van der Waals surface area contributed by atoms with Gasteiger partial charge in [0.1, 0.15) is 17.2 Å². The molecule has 2 aliphatic rings. The number of benzene rings is 4. The molecule has 0 radical (unpaired) electrons. The summed E-state index contributed by atoms with van der Waals surface area (Å²) in [6.07, 6.45) is 16.4. The van der Waals surface area contributed by atoms with Gasteiger partial charge in [-0.1, -0.05) is 128 Å². The summed E-state index contributed by atoms with van der Waals surface area (Å²) in [4.78, 5) is 16.8. The third kappa shape index (κ3) is 6.08. The van der Waals surface area contributed by atoms with Gasteiger partial charge in [0.05, 0.1) is 0 Å². The van der Waals surface area contributed by atoms with Crippen LogP contribution in [0.2, 0.25) is 0 Å². The Morgan fingerprint density at radius 3 is 2.35 bits per heavy atom. The van der Waals surface area contributed by atoms with Crippen molar-refractivity contribution in [2.75, 3.05) is 0 Å². The van der Waals surface area contributed by atoms with E-state index in [4.69, 9.17) is 19.4 Å². The van der Waals surface area contributed by atoms with Gasteiger partial charge in [-0.2, -0.15) is 0 Å². The second kappa shape index (κ2) is 13.6. The fourth-order valence-corrected chi connectivity index (χ4v) is 8.66. The van der Waals surface area contributed by atoms with Crippen LogP contribution >= 0.6 is 11.3 Å². The number of hydrogen-bond donors (Lipinski definition) is 0. The minimum Gasteiger partial charge on any atom is -0.460 e. The molecule has 4 nitrogen and oxygen atoms in total. The molecule has 4 aromatic carbocycles. The molecular weight excluding hydrogens is 643 g/mol. The van der Waals surface area contributed by atoms with Gasteiger partial charge in [-0.05, 0) is 65.5 Å². The van der Waals surface area contributed by atoms with E-state index >= 15 is 0 Å². The van der Waals surface area contributed by atoms with E-state index in [1.54, 1.807) is 0 Å². The number of allylic oxidation sites excluding steroid dienone is 5. The second-order valence-corrected chi connectivity index (χ2v) is 14.4. The standard InChI is InChI=1S/C46H37N3OS/c1-2-41-35(36-18-10-12-22-42(36)51-41)20-13-23-43-47-45(33-16-7-4-8-17-33)49-46(48-43)38-28-34(29-40-44(38)37-19-9-11-21-39(37)50-40)32-26-24-31(25-27-32)30-14-5-3-6-15-30/h2-3,5-7,9-12,14-19,21-22,24-28,34H,1,4,8,13,20,23,29H2. The Bertz CT molecular complexity index is 2500. The Hall–Kier alpha value is -5.65. The normalized spacial score (nSPS) is 15.5. The minimum absolute atomic E-state index is 0.111. The Labute approximate surface area is 302 Å². The topological polar surface area (TPSA) is 51.8 Å². The van der Waals surface area contributed by atoms with Crippen molar-refractivity contribution >= 4 is 49.6 Å². The molecule has 248 valence electrons. The first-order valence-electron chi connectivity index (χ1n) is 17.8. The number of hydrogen-bond acceptors (Lipinski definition) is 5. The first kappa shape index (κ1) is 31.3. The van der Waals surface area contributed by atoms with E-state index in [0.29, 0.717) is 5.82 Å². The van der Waals surface area contributed by atoms with Crippen molar-refractivity contribution in [3.05, 3.63) is 179 Å². The lowest BCUT2D eigenvalue weighted by Crippen LogP contribution is -2.13. The average molecular weight is 680 g/mol. The Morgan fingerprint density at radius 2 is 1.53 bits per heavy atom. The number of rotatable bonds is 9. The molecule has 5 heteroatoms. The lowest BCUT2D eigenvalue weighted by atomic mass is 9.83. The van der Waals surface area contributed by atoms with E-state index in [2.05, 4.69) is 128 Å². The molecule has 0 bridgehead atoms. The monoisotopic (exact) mass is 679 g/mol. The van der Waals surface area contributed by atoms with Crippen LogP contribution in [0.15, 0.2) is 138 Å². The van der Waals surface area contributed by atoms with Gasteiger partial charge in [0.2, 0.25) is 0 Å². The van der Waals surface area contributed by atoms with Crippen molar-refractivity contribution in [2.24, 2.45) is 0 Å². The van der Waals surface area contributed by atoms with Gasteiger partial charge in [-0.25, -0.2) is 15.0 Å². The molecule has 2 aliphatic carbocycles. The van der Waals surface area contributed by atoms with Gasteiger partial charge in [0.25, 0.3) is 0 Å². The molecule has 9 rings (SSSR count). The SMILES string of the molecule is C=Cc1sc2ccccc2c1CCCc1nc(C2=CCCC=C2)nc(C2=CC(c3ccc(-c4ccccc4)cc3)Cc3oc4ccccc4c32)n1. The maximum atomic E-state index is 6.59. The predicted molar refractivity (Wildman–Crippen MR) is 212 cm³/mol. The van der Waals surface area contributed by atoms with Crippen LogP contribution in [0, 0.1) is 0 Å². The van der Waals surface area contributed by atoms with Gasteiger partial charge < -0.3 is 4.42 Å². The number of furan rings is 1. The largest absolute Gasteiger partial charge is 0.460 e. The van der Waals surface area contributed by atoms with Crippen LogP contribution in [0.1, 0.15) is 70.0 Å². The maximum Gasteiger partial charge on any atom is 0.164 e. The van der Waals surface area contributed by atoms with E-state index in [1.165, 1.54) is 37.2 Å². The smallest absolute Gasteiger partial charge is 0.164 e. The number of fused-ring (bicyclic) bond motifs is 4. The molecule has 0 N–H and O–H groups in total. The fraction of sp³-hybridized carbons (Fsp3) is 0.152. The van der Waals surface area contributed by atoms with Crippen LogP contribution in [-0.4, -0.2) is 15.0 Å². The molecule has 1 atom stereocenters. The number of aryl methyl sites for hydroxylation is 2. The summed E-state index contributed by atoms with van der Waals surface area (Å²) in [6, 6.07) is 36.5. The van der Waals surface area contributed by atoms with Gasteiger partial charge in [-0.15, -0.1) is 11.3 Å². The number of thiophene rings is 1. The minimum atomic E-state index is 0.111. The summed E-state index contributed by atoms with van der Waals surface area (Å²) in [7, 11) is 0. The quantitative estimate of drug-likeness (QED) is 0.152. The Balaban J connectivity index is 1.11. The van der Waals surface area contributed by atoms with Crippen LogP contribution in [0.4, 0.5) is 0 Å². The third-order valence-electron chi connectivity index (χ3n) is 10.1. The van der Waals surface area contributed by atoms with Gasteiger partial charge in [0, 0.05) is 50.4 Å². The highest BCUT2D eigenvalue weighted by molar-refractivity contribution is 7.20. The van der Waals surface area contributed by atoms with Crippen molar-refractivity contribution < 1.29 is 4.42 Å². The molecule has 0 aliphatic heterocycles. The van der Waals surface area contributed by atoms with Crippen molar-refractivity contribution in [3.63, 3.8) is 0 Å². The highest BCUT2D eigenvalue weighted by atomic mass is 32.1. The van der Waals surface area contributed by atoms with Crippen LogP contribution in [0.3, 0.4) is 0 Å². The molecule has 7 aromatic rings. The zero-order valence-electron chi connectivity index (χ0n) is 28.4. The van der Waals surface area contributed by atoms with E-state index in [1.807, 2.05) is 23.5 Å². The van der Waals surface area contributed by atoms with Crippen molar-refractivity contribution in [1.29, 1.82) is 0 Å². The fourth-order valence-electron chi connectivity index (χ4n) is 7.56. The second-order valence-electron chi connectivity index (χ2n) is 13.3. The van der Waals surface area contributed by atoms with Crippen molar-refractivity contribution in [1.82, 2.24) is 15.0 Å². The van der Waals surface area contributed by atoms with Gasteiger partial charge >= 0.3 is 0 Å². The zero-order valence-corrected chi connectivity index (χ0v) is 29.2. The van der Waals surface area contributed by atoms with Crippen LogP contribution < -0.4 is 0 Å². The molecule has 0 saturated heterocycles. The van der Waals surface area contributed by atoms with E-state index in [9.17, 15) is 0 Å². The first-order valence-corrected chi connectivity index (χ1v) is 18.7. The van der Waals surface area contributed by atoms with Crippen LogP contribution in [-0.2, 0) is 19.3 Å². The molecule has 1 unspecified atom stereocenters.